The van der Waals surface area contributed by atoms with Gasteiger partial charge in [-0.1, -0.05) is 71.8 Å². The molecule has 0 aliphatic heterocycles. The Morgan fingerprint density at radius 1 is 0.680 bits per heavy atom. The minimum absolute atomic E-state index is 0.434. The molecular formula is C25H27. The monoisotopic (exact) mass is 327 g/mol. The maximum absolute atomic E-state index is 3.23. The molecule has 0 unspecified atom stereocenters. The van der Waals surface area contributed by atoms with Crippen LogP contribution in [0, 0.1) is 33.8 Å². The highest BCUT2D eigenvalue weighted by molar-refractivity contribution is 5.37. The van der Waals surface area contributed by atoms with E-state index in [9.17, 15) is 0 Å². The lowest BCUT2D eigenvalue weighted by atomic mass is 9.84. The van der Waals surface area contributed by atoms with E-state index in [1.54, 1.807) is 0 Å². The fourth-order valence-corrected chi connectivity index (χ4v) is 3.58. The average molecular weight is 327 g/mol. The molecule has 0 atom stereocenters. The topological polar surface area (TPSA) is 0 Å². The number of hydrogen-bond acceptors (Lipinski definition) is 0. The van der Waals surface area contributed by atoms with Crippen molar-refractivity contribution in [1.29, 1.82) is 0 Å². The van der Waals surface area contributed by atoms with E-state index in [1.165, 1.54) is 38.9 Å². The van der Waals surface area contributed by atoms with E-state index in [-0.39, 0.29) is 0 Å². The summed E-state index contributed by atoms with van der Waals surface area (Å²) < 4.78 is 0. The molecular weight excluding hydrogens is 300 g/mol. The molecule has 0 fully saturated rings. The van der Waals surface area contributed by atoms with Crippen molar-refractivity contribution >= 4 is 0 Å². The molecule has 0 heterocycles. The van der Waals surface area contributed by atoms with Gasteiger partial charge in [0.1, 0.15) is 0 Å². The largest absolute Gasteiger partial charge is 0.0590 e. The van der Waals surface area contributed by atoms with E-state index in [0.29, 0.717) is 5.92 Å². The lowest BCUT2D eigenvalue weighted by Gasteiger charge is -2.20. The predicted molar refractivity (Wildman–Crippen MR) is 107 cm³/mol. The van der Waals surface area contributed by atoms with Gasteiger partial charge in [-0.3, -0.25) is 0 Å². The van der Waals surface area contributed by atoms with Gasteiger partial charge in [0, 0.05) is 5.92 Å². The van der Waals surface area contributed by atoms with Crippen molar-refractivity contribution in [2.45, 2.75) is 46.5 Å². The molecule has 0 aromatic heterocycles. The van der Waals surface area contributed by atoms with Crippen molar-refractivity contribution in [3.8, 4) is 0 Å². The highest BCUT2D eigenvalue weighted by Crippen LogP contribution is 2.31. The van der Waals surface area contributed by atoms with Gasteiger partial charge in [0.25, 0.3) is 0 Å². The predicted octanol–water partition coefficient (Wildman–Crippen LogP) is 6.49. The number of aryl methyl sites for hydroxylation is 4. The second kappa shape index (κ2) is 7.70. The molecule has 25 heavy (non-hydrogen) atoms. The van der Waals surface area contributed by atoms with Crippen LogP contribution in [0.25, 0.3) is 0 Å². The molecule has 0 nitrogen and oxygen atoms in total. The normalized spacial score (nSPS) is 11.1. The number of benzene rings is 3. The quantitative estimate of drug-likeness (QED) is 0.503. The molecule has 0 aliphatic rings. The summed E-state index contributed by atoms with van der Waals surface area (Å²) in [4.78, 5) is 0. The van der Waals surface area contributed by atoms with Gasteiger partial charge in [-0.15, -0.1) is 0 Å². The molecule has 127 valence electrons. The maximum atomic E-state index is 3.23. The van der Waals surface area contributed by atoms with Crippen molar-refractivity contribution in [1.82, 2.24) is 0 Å². The Morgan fingerprint density at radius 2 is 1.12 bits per heavy atom. The summed E-state index contributed by atoms with van der Waals surface area (Å²) >= 11 is 0. The molecule has 0 N–H and O–H groups in total. The van der Waals surface area contributed by atoms with Crippen molar-refractivity contribution in [3.05, 3.63) is 106 Å². The van der Waals surface area contributed by atoms with Crippen LogP contribution in [0.2, 0.25) is 0 Å². The third kappa shape index (κ3) is 4.20. The fourth-order valence-electron chi connectivity index (χ4n) is 3.58. The number of hydrogen-bond donors (Lipinski definition) is 0. The summed E-state index contributed by atoms with van der Waals surface area (Å²) in [6, 6.07) is 25.5. The first kappa shape index (κ1) is 17.5. The summed E-state index contributed by atoms with van der Waals surface area (Å²) in [7, 11) is 0. The van der Waals surface area contributed by atoms with Gasteiger partial charge >= 0.3 is 0 Å². The Kier molecular flexibility index (Phi) is 5.38. The van der Waals surface area contributed by atoms with Crippen LogP contribution in [-0.4, -0.2) is 0 Å². The summed E-state index contributed by atoms with van der Waals surface area (Å²) in [5, 5.41) is 0. The minimum Gasteiger partial charge on any atom is -0.0590 e. The van der Waals surface area contributed by atoms with Gasteiger partial charge < -0.3 is 0 Å². The first-order valence-corrected chi connectivity index (χ1v) is 9.14. The molecule has 0 spiro atoms. The summed E-state index contributed by atoms with van der Waals surface area (Å²) in [5.41, 5.74) is 9.63. The molecule has 0 bridgehead atoms. The molecule has 0 saturated carbocycles. The third-order valence-corrected chi connectivity index (χ3v) is 5.19. The van der Waals surface area contributed by atoms with E-state index in [0.717, 1.165) is 12.8 Å². The van der Waals surface area contributed by atoms with E-state index >= 15 is 0 Å². The third-order valence-electron chi connectivity index (χ3n) is 5.19. The van der Waals surface area contributed by atoms with Crippen LogP contribution in [-0.2, 0) is 6.42 Å². The molecule has 3 aromatic carbocycles. The van der Waals surface area contributed by atoms with Crippen molar-refractivity contribution < 1.29 is 0 Å². The second-order valence-corrected chi connectivity index (χ2v) is 7.21. The standard InChI is InChI=1S/C25H27/c1-18-8-12-22(13-9-18)25(23-14-10-19(2)11-15-23)17-16-24-20(3)6-5-7-21(24)4/h6-15,25H,16-17H2,1-4H3. The zero-order valence-electron chi connectivity index (χ0n) is 15.8. The first-order chi connectivity index (χ1) is 12.0. The molecule has 0 amide bonds. The van der Waals surface area contributed by atoms with Gasteiger partial charge in [-0.2, -0.15) is 0 Å². The minimum atomic E-state index is 0.434. The van der Waals surface area contributed by atoms with Crippen LogP contribution >= 0.6 is 0 Å². The van der Waals surface area contributed by atoms with E-state index in [1.807, 2.05) is 0 Å². The van der Waals surface area contributed by atoms with Crippen LogP contribution in [0.1, 0.15) is 51.3 Å². The summed E-state index contributed by atoms with van der Waals surface area (Å²) in [5.74, 6) is 0.434. The van der Waals surface area contributed by atoms with Crippen LogP contribution in [0.3, 0.4) is 0 Å². The van der Waals surface area contributed by atoms with Crippen LogP contribution in [0.15, 0.2) is 60.7 Å². The van der Waals surface area contributed by atoms with E-state index in [2.05, 4.69) is 94.4 Å². The Morgan fingerprint density at radius 3 is 1.56 bits per heavy atom. The Bertz CT molecular complexity index is 757. The van der Waals surface area contributed by atoms with Gasteiger partial charge in [0.2, 0.25) is 0 Å². The molecule has 3 rings (SSSR count). The Labute approximate surface area is 152 Å². The zero-order chi connectivity index (χ0) is 17.8. The fraction of sp³-hybridized carbons (Fsp3) is 0.280. The molecule has 3 aromatic rings. The second-order valence-electron chi connectivity index (χ2n) is 7.21. The highest BCUT2D eigenvalue weighted by Gasteiger charge is 2.15. The zero-order valence-corrected chi connectivity index (χ0v) is 15.8. The molecule has 0 heteroatoms. The lowest BCUT2D eigenvalue weighted by molar-refractivity contribution is 0.710. The maximum Gasteiger partial charge on any atom is 0.00925 e. The van der Waals surface area contributed by atoms with Gasteiger partial charge in [0.15, 0.2) is 0 Å². The molecule has 0 saturated heterocycles. The molecule has 1 radical (unpaired) electrons. The SMILES string of the molecule is Cc1ccc(C(CCc2c(C)c[c]cc2C)c2ccc(C)cc2)cc1. The van der Waals surface area contributed by atoms with Gasteiger partial charge in [0.05, 0.1) is 0 Å². The molecule has 0 aliphatic carbocycles. The lowest BCUT2D eigenvalue weighted by Crippen LogP contribution is -2.05. The van der Waals surface area contributed by atoms with Crippen molar-refractivity contribution in [2.24, 2.45) is 0 Å². The average Bonchev–Trinajstić information content (AvgIpc) is 2.60. The Balaban J connectivity index is 1.91. The first-order valence-electron chi connectivity index (χ1n) is 9.14. The summed E-state index contributed by atoms with van der Waals surface area (Å²) in [6.07, 6.45) is 2.22. The summed E-state index contributed by atoms with van der Waals surface area (Å²) in [6.45, 7) is 8.70. The number of rotatable bonds is 5. The Hall–Kier alpha value is -2.34. The van der Waals surface area contributed by atoms with Gasteiger partial charge in [-0.05, 0) is 74.4 Å². The van der Waals surface area contributed by atoms with E-state index < -0.39 is 0 Å². The van der Waals surface area contributed by atoms with E-state index in [4.69, 9.17) is 0 Å². The van der Waals surface area contributed by atoms with Crippen molar-refractivity contribution in [3.63, 3.8) is 0 Å². The van der Waals surface area contributed by atoms with Crippen LogP contribution in [0.4, 0.5) is 0 Å². The van der Waals surface area contributed by atoms with Gasteiger partial charge in [-0.25, -0.2) is 0 Å². The smallest absolute Gasteiger partial charge is 0.00925 e. The van der Waals surface area contributed by atoms with Crippen molar-refractivity contribution in [2.75, 3.05) is 0 Å². The highest BCUT2D eigenvalue weighted by atomic mass is 14.2. The van der Waals surface area contributed by atoms with Crippen LogP contribution < -0.4 is 0 Å². The van der Waals surface area contributed by atoms with Crippen LogP contribution in [0.5, 0.6) is 0 Å².